The van der Waals surface area contributed by atoms with Gasteiger partial charge in [-0.25, -0.2) is 0 Å². The monoisotopic (exact) mass is 272 g/mol. The number of carbonyl (C=O) groups is 2. The Morgan fingerprint density at radius 3 is 1.70 bits per heavy atom. The van der Waals surface area contributed by atoms with Crippen LogP contribution in [0, 0.1) is 0 Å². The van der Waals surface area contributed by atoms with Gasteiger partial charge < -0.3 is 15.3 Å². The van der Waals surface area contributed by atoms with E-state index in [1.165, 1.54) is 48.5 Å². The van der Waals surface area contributed by atoms with Crippen LogP contribution >= 0.6 is 0 Å². The summed E-state index contributed by atoms with van der Waals surface area (Å²) in [7, 11) is 0. The van der Waals surface area contributed by atoms with Crippen molar-refractivity contribution in [3.05, 3.63) is 59.7 Å². The molecule has 5 nitrogen and oxygen atoms in total. The average molecular weight is 272 g/mol. The van der Waals surface area contributed by atoms with E-state index in [1.54, 1.807) is 0 Å². The number of ketones is 1. The predicted molar refractivity (Wildman–Crippen MR) is 70.9 cm³/mol. The summed E-state index contributed by atoms with van der Waals surface area (Å²) in [6.07, 6.45) is 0. The number of aromatic hydroxyl groups is 2. The van der Waals surface area contributed by atoms with Gasteiger partial charge >= 0.3 is 5.97 Å². The Balaban J connectivity index is 2.38. The van der Waals surface area contributed by atoms with Crippen LogP contribution in [0.2, 0.25) is 0 Å². The van der Waals surface area contributed by atoms with Crippen LogP contribution in [-0.2, 0) is 4.79 Å². The maximum absolute atomic E-state index is 12.3. The standard InChI is InChI=1S/C15H12O5/c16-11-5-1-9(2-6-11)13(15(19)20)14(18)10-3-7-12(17)8-4-10/h1-8,13,16-17H,(H,19,20). The molecular weight excluding hydrogens is 260 g/mol. The third-order valence-electron chi connectivity index (χ3n) is 2.89. The first-order valence-electron chi connectivity index (χ1n) is 5.84. The number of hydrogen-bond donors (Lipinski definition) is 3. The molecule has 0 heterocycles. The topological polar surface area (TPSA) is 94.8 Å². The second-order valence-corrected chi connectivity index (χ2v) is 4.27. The highest BCUT2D eigenvalue weighted by Crippen LogP contribution is 2.24. The van der Waals surface area contributed by atoms with Crippen molar-refractivity contribution in [2.24, 2.45) is 0 Å². The molecule has 5 heteroatoms. The summed E-state index contributed by atoms with van der Waals surface area (Å²) in [4.78, 5) is 23.6. The number of hydrogen-bond acceptors (Lipinski definition) is 4. The molecule has 20 heavy (non-hydrogen) atoms. The molecule has 0 amide bonds. The van der Waals surface area contributed by atoms with E-state index < -0.39 is 17.7 Å². The van der Waals surface area contributed by atoms with Gasteiger partial charge in [-0.1, -0.05) is 12.1 Å². The maximum Gasteiger partial charge on any atom is 0.318 e. The first-order chi connectivity index (χ1) is 9.49. The molecular formula is C15H12O5. The van der Waals surface area contributed by atoms with Crippen molar-refractivity contribution < 1.29 is 24.9 Å². The van der Waals surface area contributed by atoms with E-state index in [0.29, 0.717) is 0 Å². The highest BCUT2D eigenvalue weighted by atomic mass is 16.4. The molecule has 0 aliphatic carbocycles. The smallest absolute Gasteiger partial charge is 0.318 e. The van der Waals surface area contributed by atoms with Gasteiger partial charge in [0.2, 0.25) is 0 Å². The number of Topliss-reactive ketones (excluding diaryl/α,β-unsaturated/α-hetero) is 1. The second kappa shape index (κ2) is 5.44. The molecule has 1 atom stereocenters. The van der Waals surface area contributed by atoms with E-state index in [0.717, 1.165) is 0 Å². The van der Waals surface area contributed by atoms with Gasteiger partial charge in [-0.2, -0.15) is 0 Å². The number of carbonyl (C=O) groups excluding carboxylic acids is 1. The van der Waals surface area contributed by atoms with Crippen LogP contribution in [0.25, 0.3) is 0 Å². The van der Waals surface area contributed by atoms with Gasteiger partial charge in [-0.15, -0.1) is 0 Å². The molecule has 0 bridgehead atoms. The highest BCUT2D eigenvalue weighted by molar-refractivity contribution is 6.12. The fourth-order valence-corrected chi connectivity index (χ4v) is 1.87. The quantitative estimate of drug-likeness (QED) is 0.585. The summed E-state index contributed by atoms with van der Waals surface area (Å²) in [6.45, 7) is 0. The Morgan fingerprint density at radius 2 is 1.25 bits per heavy atom. The molecule has 102 valence electrons. The zero-order chi connectivity index (χ0) is 14.7. The van der Waals surface area contributed by atoms with E-state index in [2.05, 4.69) is 0 Å². The normalized spacial score (nSPS) is 11.8. The number of phenols is 2. The summed E-state index contributed by atoms with van der Waals surface area (Å²) in [5.41, 5.74) is 0.483. The van der Waals surface area contributed by atoms with Crippen molar-refractivity contribution in [3.8, 4) is 11.5 Å². The predicted octanol–water partition coefficient (Wildman–Crippen LogP) is 2.15. The zero-order valence-electron chi connectivity index (χ0n) is 10.4. The molecule has 2 aromatic carbocycles. The van der Waals surface area contributed by atoms with Crippen LogP contribution < -0.4 is 0 Å². The van der Waals surface area contributed by atoms with Crippen molar-refractivity contribution in [2.75, 3.05) is 0 Å². The van der Waals surface area contributed by atoms with Crippen LogP contribution in [0.1, 0.15) is 21.8 Å². The molecule has 0 aliphatic heterocycles. The van der Waals surface area contributed by atoms with Gasteiger partial charge in [0, 0.05) is 5.56 Å². The SMILES string of the molecule is O=C(O)C(C(=O)c1ccc(O)cc1)c1ccc(O)cc1. The van der Waals surface area contributed by atoms with Crippen LogP contribution in [0.3, 0.4) is 0 Å². The Labute approximate surface area is 114 Å². The molecule has 0 saturated carbocycles. The lowest BCUT2D eigenvalue weighted by atomic mass is 9.90. The average Bonchev–Trinajstić information content (AvgIpc) is 2.41. The lowest BCUT2D eigenvalue weighted by molar-refractivity contribution is -0.137. The largest absolute Gasteiger partial charge is 0.508 e. The number of aliphatic carboxylic acids is 1. The second-order valence-electron chi connectivity index (χ2n) is 4.27. The summed E-state index contributed by atoms with van der Waals surface area (Å²) in [5, 5.41) is 27.6. The summed E-state index contributed by atoms with van der Waals surface area (Å²) < 4.78 is 0. The summed E-state index contributed by atoms with van der Waals surface area (Å²) in [5.74, 6) is -3.20. The van der Waals surface area contributed by atoms with Gasteiger partial charge in [-0.05, 0) is 42.0 Å². The number of phenolic OH excluding ortho intramolecular Hbond substituents is 2. The van der Waals surface area contributed by atoms with Gasteiger partial charge in [0.25, 0.3) is 0 Å². The first-order valence-corrected chi connectivity index (χ1v) is 5.84. The number of rotatable bonds is 4. The number of carboxylic acids is 1. The molecule has 2 aromatic rings. The minimum atomic E-state index is -1.35. The van der Waals surface area contributed by atoms with Crippen LogP contribution in [0.5, 0.6) is 11.5 Å². The van der Waals surface area contributed by atoms with E-state index in [9.17, 15) is 24.9 Å². The fraction of sp³-hybridized carbons (Fsp3) is 0.0667. The molecule has 3 N–H and O–H groups in total. The minimum absolute atomic E-state index is 0.00180. The zero-order valence-corrected chi connectivity index (χ0v) is 10.4. The first kappa shape index (κ1) is 13.6. The highest BCUT2D eigenvalue weighted by Gasteiger charge is 2.29. The third kappa shape index (κ3) is 2.77. The van der Waals surface area contributed by atoms with Crippen molar-refractivity contribution in [3.63, 3.8) is 0 Å². The van der Waals surface area contributed by atoms with Crippen molar-refractivity contribution in [1.29, 1.82) is 0 Å². The minimum Gasteiger partial charge on any atom is -0.508 e. The van der Waals surface area contributed by atoms with Crippen molar-refractivity contribution in [1.82, 2.24) is 0 Å². The lowest BCUT2D eigenvalue weighted by Gasteiger charge is -2.12. The number of carboxylic acid groups (broad SMARTS) is 1. The molecule has 0 aliphatic rings. The Hall–Kier alpha value is -2.82. The maximum atomic E-state index is 12.3. The van der Waals surface area contributed by atoms with Crippen molar-refractivity contribution in [2.45, 2.75) is 5.92 Å². The molecule has 0 spiro atoms. The van der Waals surface area contributed by atoms with Crippen molar-refractivity contribution >= 4 is 11.8 Å². The molecule has 0 saturated heterocycles. The van der Waals surface area contributed by atoms with E-state index in [-0.39, 0.29) is 22.6 Å². The van der Waals surface area contributed by atoms with Crippen LogP contribution in [-0.4, -0.2) is 27.1 Å². The Morgan fingerprint density at radius 1 is 0.800 bits per heavy atom. The molecule has 2 rings (SSSR count). The summed E-state index contributed by atoms with van der Waals surface area (Å²) >= 11 is 0. The molecule has 1 unspecified atom stereocenters. The lowest BCUT2D eigenvalue weighted by Crippen LogP contribution is -2.21. The van der Waals surface area contributed by atoms with Crippen LogP contribution in [0.4, 0.5) is 0 Å². The third-order valence-corrected chi connectivity index (χ3v) is 2.89. The molecule has 0 fully saturated rings. The summed E-state index contributed by atoms with van der Waals surface area (Å²) in [6, 6.07) is 10.8. The number of benzene rings is 2. The molecule has 0 radical (unpaired) electrons. The Kier molecular flexibility index (Phi) is 3.70. The van der Waals surface area contributed by atoms with Crippen LogP contribution in [0.15, 0.2) is 48.5 Å². The van der Waals surface area contributed by atoms with Gasteiger partial charge in [-0.3, -0.25) is 9.59 Å². The Bertz CT molecular complexity index is 628. The van der Waals surface area contributed by atoms with E-state index in [4.69, 9.17) is 0 Å². The fourth-order valence-electron chi connectivity index (χ4n) is 1.87. The molecule has 0 aromatic heterocycles. The van der Waals surface area contributed by atoms with E-state index >= 15 is 0 Å². The van der Waals surface area contributed by atoms with Gasteiger partial charge in [0.1, 0.15) is 17.4 Å². The van der Waals surface area contributed by atoms with Gasteiger partial charge in [0.05, 0.1) is 0 Å². The van der Waals surface area contributed by atoms with Gasteiger partial charge in [0.15, 0.2) is 5.78 Å². The van der Waals surface area contributed by atoms with E-state index in [1.807, 2.05) is 0 Å².